The minimum atomic E-state index is -3.82. The maximum atomic E-state index is 12.7. The molecule has 3 N–H and O–H groups in total. The number of sulfonamides is 1. The van der Waals surface area contributed by atoms with Crippen molar-refractivity contribution in [3.63, 3.8) is 0 Å². The van der Waals surface area contributed by atoms with E-state index >= 15 is 0 Å². The molecule has 0 aliphatic rings. The second kappa shape index (κ2) is 9.00. The number of nitrogens with two attached hydrogens (primary N) is 1. The Labute approximate surface area is 196 Å². The van der Waals surface area contributed by atoms with Crippen molar-refractivity contribution in [1.29, 1.82) is 0 Å². The molecule has 0 saturated heterocycles. The molecule has 33 heavy (non-hydrogen) atoms. The van der Waals surface area contributed by atoms with Crippen LogP contribution in [0.3, 0.4) is 0 Å². The predicted molar refractivity (Wildman–Crippen MR) is 129 cm³/mol. The first-order chi connectivity index (χ1) is 15.7. The minimum absolute atomic E-state index is 0.00443. The van der Waals surface area contributed by atoms with Crippen molar-refractivity contribution in [3.8, 4) is 5.69 Å². The first-order valence-corrected chi connectivity index (χ1v) is 12.8. The zero-order valence-electron chi connectivity index (χ0n) is 18.4. The van der Waals surface area contributed by atoms with E-state index in [9.17, 15) is 13.2 Å². The number of benzene rings is 2. The number of imidazole rings is 1. The smallest absolute Gasteiger partial charge is 0.238 e. The molecule has 0 radical (unpaired) electrons. The second-order valence-corrected chi connectivity index (χ2v) is 10.1. The summed E-state index contributed by atoms with van der Waals surface area (Å²) in [5.74, 6) is 0.515. The van der Waals surface area contributed by atoms with E-state index in [2.05, 4.69) is 15.4 Å². The number of thioether (sulfide) groups is 1. The molecular formula is C22H24N6O3S2. The van der Waals surface area contributed by atoms with Crippen molar-refractivity contribution in [1.82, 2.24) is 19.3 Å². The van der Waals surface area contributed by atoms with Gasteiger partial charge >= 0.3 is 0 Å². The number of aromatic nitrogens is 4. The monoisotopic (exact) mass is 484 g/mol. The Kier molecular flexibility index (Phi) is 6.28. The van der Waals surface area contributed by atoms with E-state index in [-0.39, 0.29) is 16.6 Å². The van der Waals surface area contributed by atoms with Crippen molar-refractivity contribution in [2.24, 2.45) is 5.14 Å². The Hall–Kier alpha value is -3.15. The maximum Gasteiger partial charge on any atom is 0.238 e. The lowest BCUT2D eigenvalue weighted by Gasteiger charge is -2.09. The standard InChI is InChI=1S/C22H24N6O3S2/c1-4-27-19-10-9-17(33(23,30)31)12-18(19)24-22(27)32-13-21(29)25-20-11-15(3)26-28(20)16-7-5-14(2)6-8-16/h5-12H,4,13H2,1-3H3,(H,25,29)(H2,23,30,31). The summed E-state index contributed by atoms with van der Waals surface area (Å²) in [4.78, 5) is 17.3. The number of hydrogen-bond donors (Lipinski definition) is 2. The van der Waals surface area contributed by atoms with E-state index in [0.29, 0.717) is 23.0 Å². The number of primary sulfonamides is 1. The van der Waals surface area contributed by atoms with Gasteiger partial charge in [0.05, 0.1) is 33.1 Å². The van der Waals surface area contributed by atoms with Crippen molar-refractivity contribution < 1.29 is 13.2 Å². The van der Waals surface area contributed by atoms with Crippen LogP contribution in [0.25, 0.3) is 16.7 Å². The van der Waals surface area contributed by atoms with Crippen LogP contribution >= 0.6 is 11.8 Å². The maximum absolute atomic E-state index is 12.7. The number of anilines is 1. The molecule has 1 amide bonds. The molecule has 0 aliphatic carbocycles. The number of fused-ring (bicyclic) bond motifs is 1. The van der Waals surface area contributed by atoms with Gasteiger partial charge in [-0.1, -0.05) is 29.5 Å². The molecule has 2 aromatic heterocycles. The van der Waals surface area contributed by atoms with Gasteiger partial charge in [0, 0.05) is 12.6 Å². The number of hydrogen-bond acceptors (Lipinski definition) is 6. The zero-order valence-corrected chi connectivity index (χ0v) is 20.1. The highest BCUT2D eigenvalue weighted by atomic mass is 32.2. The average molecular weight is 485 g/mol. The van der Waals surface area contributed by atoms with Crippen molar-refractivity contribution in [2.45, 2.75) is 37.4 Å². The van der Waals surface area contributed by atoms with Crippen molar-refractivity contribution >= 4 is 44.5 Å². The largest absolute Gasteiger partial charge is 0.319 e. The summed E-state index contributed by atoms with van der Waals surface area (Å²) < 4.78 is 26.9. The molecule has 0 bridgehead atoms. The summed E-state index contributed by atoms with van der Waals surface area (Å²) in [6, 6.07) is 14.3. The summed E-state index contributed by atoms with van der Waals surface area (Å²) in [5, 5.41) is 13.3. The molecule has 11 heteroatoms. The molecule has 0 aliphatic heterocycles. The van der Waals surface area contributed by atoms with Gasteiger partial charge < -0.3 is 9.88 Å². The number of carbonyl (C=O) groups is 1. The van der Waals surface area contributed by atoms with Gasteiger partial charge in [-0.05, 0) is 51.1 Å². The minimum Gasteiger partial charge on any atom is -0.319 e. The van der Waals surface area contributed by atoms with Gasteiger partial charge in [0.25, 0.3) is 0 Å². The fourth-order valence-electron chi connectivity index (χ4n) is 3.46. The highest BCUT2D eigenvalue weighted by molar-refractivity contribution is 7.99. The number of aryl methyl sites for hydroxylation is 3. The Morgan fingerprint density at radius 2 is 1.85 bits per heavy atom. The SMILES string of the molecule is CCn1c(SCC(=O)Nc2cc(C)nn2-c2ccc(C)cc2)nc2cc(S(N)(=O)=O)ccc21. The lowest BCUT2D eigenvalue weighted by atomic mass is 10.2. The van der Waals surface area contributed by atoms with Crippen LogP contribution in [0, 0.1) is 13.8 Å². The molecule has 9 nitrogen and oxygen atoms in total. The second-order valence-electron chi connectivity index (χ2n) is 7.59. The normalized spacial score (nSPS) is 11.8. The molecule has 2 aromatic carbocycles. The van der Waals surface area contributed by atoms with Gasteiger partial charge in [0.15, 0.2) is 5.16 Å². The average Bonchev–Trinajstić information content (AvgIpc) is 3.30. The van der Waals surface area contributed by atoms with Gasteiger partial charge in [0.1, 0.15) is 5.82 Å². The predicted octanol–water partition coefficient (Wildman–Crippen LogP) is 3.24. The highest BCUT2D eigenvalue weighted by Gasteiger charge is 2.17. The zero-order chi connectivity index (χ0) is 23.8. The topological polar surface area (TPSA) is 125 Å². The summed E-state index contributed by atoms with van der Waals surface area (Å²) >= 11 is 1.28. The van der Waals surface area contributed by atoms with Crippen LogP contribution < -0.4 is 10.5 Å². The summed E-state index contributed by atoms with van der Waals surface area (Å²) in [6.07, 6.45) is 0. The van der Waals surface area contributed by atoms with Crippen LogP contribution in [-0.2, 0) is 21.4 Å². The molecule has 4 aromatic rings. The third-order valence-corrected chi connectivity index (χ3v) is 6.93. The number of carbonyl (C=O) groups excluding carboxylic acids is 1. The molecule has 172 valence electrons. The Balaban J connectivity index is 1.52. The lowest BCUT2D eigenvalue weighted by molar-refractivity contribution is -0.113. The quantitative estimate of drug-likeness (QED) is 0.388. The number of amides is 1. The van der Waals surface area contributed by atoms with Crippen LogP contribution in [0.4, 0.5) is 5.82 Å². The van der Waals surface area contributed by atoms with Crippen LogP contribution in [0.2, 0.25) is 0 Å². The Morgan fingerprint density at radius 1 is 1.12 bits per heavy atom. The van der Waals surface area contributed by atoms with Crippen molar-refractivity contribution in [3.05, 3.63) is 59.8 Å². The summed E-state index contributed by atoms with van der Waals surface area (Å²) in [5.41, 5.74) is 4.08. The van der Waals surface area contributed by atoms with Crippen LogP contribution in [0.15, 0.2) is 58.6 Å². The molecule has 0 saturated carbocycles. The number of rotatable bonds is 7. The first kappa shape index (κ1) is 23.0. The third-order valence-electron chi connectivity index (χ3n) is 5.04. The van der Waals surface area contributed by atoms with Crippen molar-refractivity contribution in [2.75, 3.05) is 11.1 Å². The molecule has 0 atom stereocenters. The lowest BCUT2D eigenvalue weighted by Crippen LogP contribution is -2.17. The van der Waals surface area contributed by atoms with E-state index in [1.807, 2.05) is 55.7 Å². The van der Waals surface area contributed by atoms with E-state index < -0.39 is 10.0 Å². The molecule has 0 unspecified atom stereocenters. The molecule has 2 heterocycles. The Morgan fingerprint density at radius 3 is 2.52 bits per heavy atom. The van der Waals surface area contributed by atoms with E-state index in [1.165, 1.54) is 23.9 Å². The van der Waals surface area contributed by atoms with Crippen LogP contribution in [0.1, 0.15) is 18.2 Å². The highest BCUT2D eigenvalue weighted by Crippen LogP contribution is 2.26. The van der Waals surface area contributed by atoms with Gasteiger partial charge in [0.2, 0.25) is 15.9 Å². The van der Waals surface area contributed by atoms with E-state index in [0.717, 1.165) is 22.5 Å². The van der Waals surface area contributed by atoms with E-state index in [1.54, 1.807) is 10.7 Å². The van der Waals surface area contributed by atoms with E-state index in [4.69, 9.17) is 5.14 Å². The number of nitrogens with one attached hydrogen (secondary N) is 1. The van der Waals surface area contributed by atoms with Gasteiger partial charge in [-0.2, -0.15) is 5.10 Å². The Bertz CT molecular complexity index is 1440. The molecule has 0 fully saturated rings. The fraction of sp³-hybridized carbons (Fsp3) is 0.227. The molecular weight excluding hydrogens is 460 g/mol. The van der Waals surface area contributed by atoms with Gasteiger partial charge in [-0.3, -0.25) is 4.79 Å². The molecule has 0 spiro atoms. The van der Waals surface area contributed by atoms with Gasteiger partial charge in [-0.25, -0.2) is 23.2 Å². The van der Waals surface area contributed by atoms with Crippen LogP contribution in [0.5, 0.6) is 0 Å². The summed E-state index contributed by atoms with van der Waals surface area (Å²) in [7, 11) is -3.82. The fourth-order valence-corrected chi connectivity index (χ4v) is 4.87. The first-order valence-electron chi connectivity index (χ1n) is 10.2. The third kappa shape index (κ3) is 4.95. The summed E-state index contributed by atoms with van der Waals surface area (Å²) in [6.45, 7) is 6.46. The molecule has 4 rings (SSSR count). The van der Waals surface area contributed by atoms with Crippen LogP contribution in [-0.4, -0.2) is 39.4 Å². The number of nitrogens with zero attached hydrogens (tertiary/aromatic N) is 4. The van der Waals surface area contributed by atoms with Gasteiger partial charge in [-0.15, -0.1) is 0 Å².